The number of unbranched alkanes of at least 4 members (excludes halogenated alkanes) is 1. The van der Waals surface area contributed by atoms with E-state index in [1.165, 1.54) is 0 Å². The van der Waals surface area contributed by atoms with E-state index in [1.54, 1.807) is 6.92 Å². The van der Waals surface area contributed by atoms with Crippen molar-refractivity contribution in [3.63, 3.8) is 0 Å². The van der Waals surface area contributed by atoms with Gasteiger partial charge in [-0.3, -0.25) is 0 Å². The summed E-state index contributed by atoms with van der Waals surface area (Å²) in [5.74, 6) is -0.403. The Kier molecular flexibility index (Phi) is 1.75. The number of rotatable bonds is 4. The monoisotopic (exact) mass is 119 g/mol. The summed E-state index contributed by atoms with van der Waals surface area (Å²) in [6.07, 6.45) is 0.447. The Morgan fingerprint density at radius 2 is 2.50 bits per heavy atom. The van der Waals surface area contributed by atoms with Crippen LogP contribution in [-0.4, -0.2) is 0 Å². The Bertz CT molecular complexity index is 149. The summed E-state index contributed by atoms with van der Waals surface area (Å²) in [6.45, 7) is 1.18. The maximum atomic E-state index is 7.47. The molecule has 0 bridgehead atoms. The van der Waals surface area contributed by atoms with Crippen LogP contribution in [0.2, 0.25) is 0 Å². The molecule has 8 heavy (non-hydrogen) atoms. The molecule has 1 atom stereocenters. The lowest BCUT2D eigenvalue weighted by atomic mass is 10.0. The molecule has 0 rings (SSSR count). The van der Waals surface area contributed by atoms with Crippen LogP contribution in [0.3, 0.4) is 0 Å². The third-order valence-corrected chi connectivity index (χ3v) is 1.24. The van der Waals surface area contributed by atoms with Crippen LogP contribution < -0.4 is 0 Å². The average Bonchev–Trinajstić information content (AvgIpc) is 1.97. The predicted molar refractivity (Wildman–Crippen MR) is 39.0 cm³/mol. The SMILES string of the molecule is [2H]C([2H])([2H])C([2H])([2H])C(C)CCCC. The van der Waals surface area contributed by atoms with Gasteiger partial charge >= 0.3 is 0 Å². The molecule has 0 aliphatic rings. The molecule has 0 spiro atoms. The largest absolute Gasteiger partial charge is 0.0654 e. The number of hydrogen-bond donors (Lipinski definition) is 0. The summed E-state index contributed by atoms with van der Waals surface area (Å²) in [5, 5.41) is 0. The lowest BCUT2D eigenvalue weighted by Gasteiger charge is -2.04. The fourth-order valence-corrected chi connectivity index (χ4v) is 0.582. The fourth-order valence-electron chi connectivity index (χ4n) is 0.582. The summed E-state index contributed by atoms with van der Waals surface area (Å²) in [7, 11) is 0. The van der Waals surface area contributed by atoms with E-state index in [9.17, 15) is 0 Å². The highest BCUT2D eigenvalue weighted by atomic mass is 14.0. The molecule has 0 saturated carbocycles. The van der Waals surface area contributed by atoms with Crippen molar-refractivity contribution in [1.29, 1.82) is 0 Å². The van der Waals surface area contributed by atoms with Crippen molar-refractivity contribution in [2.24, 2.45) is 5.92 Å². The molecule has 0 aliphatic heterocycles. The Morgan fingerprint density at radius 1 is 1.75 bits per heavy atom. The highest BCUT2D eigenvalue weighted by molar-refractivity contribution is 4.47. The van der Waals surface area contributed by atoms with Crippen molar-refractivity contribution in [2.75, 3.05) is 0 Å². The summed E-state index contributed by atoms with van der Waals surface area (Å²) < 4.78 is 36.1. The molecule has 1 unspecified atom stereocenters. The van der Waals surface area contributed by atoms with Gasteiger partial charge in [-0.05, 0) is 5.92 Å². The lowest BCUT2D eigenvalue weighted by molar-refractivity contribution is 0.492. The van der Waals surface area contributed by atoms with E-state index in [1.807, 2.05) is 6.92 Å². The zero-order valence-corrected chi connectivity index (χ0v) is 5.70. The molecule has 0 nitrogen and oxygen atoms in total. The van der Waals surface area contributed by atoms with Gasteiger partial charge in [-0.2, -0.15) is 0 Å². The zero-order valence-electron chi connectivity index (χ0n) is 10.7. The first kappa shape index (κ1) is 2.72. The second-order valence-corrected chi connectivity index (χ2v) is 2.19. The molecule has 0 radical (unpaired) electrons. The molecular formula is C8H18. The van der Waals surface area contributed by atoms with E-state index < -0.39 is 19.1 Å². The van der Waals surface area contributed by atoms with Crippen LogP contribution in [0.25, 0.3) is 0 Å². The second kappa shape index (κ2) is 5.14. The minimum Gasteiger partial charge on any atom is -0.0654 e. The van der Waals surface area contributed by atoms with Gasteiger partial charge < -0.3 is 0 Å². The van der Waals surface area contributed by atoms with E-state index in [2.05, 4.69) is 0 Å². The van der Waals surface area contributed by atoms with E-state index in [4.69, 9.17) is 6.85 Å². The third kappa shape index (κ3) is 4.17. The van der Waals surface area contributed by atoms with Crippen LogP contribution in [0.4, 0.5) is 0 Å². The highest BCUT2D eigenvalue weighted by Gasteiger charge is 1.94. The summed E-state index contributed by atoms with van der Waals surface area (Å²) in [4.78, 5) is 0. The zero-order chi connectivity index (χ0) is 10.7. The van der Waals surface area contributed by atoms with E-state index in [0.717, 1.165) is 12.8 Å². The quantitative estimate of drug-likeness (QED) is 0.533. The van der Waals surface area contributed by atoms with Crippen LogP contribution in [0, 0.1) is 5.92 Å². The minimum atomic E-state index is -2.50. The molecule has 0 aromatic rings. The third-order valence-electron chi connectivity index (χ3n) is 1.24. The van der Waals surface area contributed by atoms with Gasteiger partial charge in [0.15, 0.2) is 0 Å². The van der Waals surface area contributed by atoms with Gasteiger partial charge in [0.05, 0.1) is 0 Å². The molecule has 0 saturated heterocycles. The van der Waals surface area contributed by atoms with Crippen LogP contribution >= 0.6 is 0 Å². The average molecular weight is 119 g/mol. The van der Waals surface area contributed by atoms with Crippen molar-refractivity contribution >= 4 is 0 Å². The van der Waals surface area contributed by atoms with Crippen molar-refractivity contribution in [2.45, 2.75) is 46.3 Å². The van der Waals surface area contributed by atoms with Crippen LogP contribution in [-0.2, 0) is 0 Å². The predicted octanol–water partition coefficient (Wildman–Crippen LogP) is 3.22. The second-order valence-electron chi connectivity index (χ2n) is 2.19. The van der Waals surface area contributed by atoms with Gasteiger partial charge in [0.1, 0.15) is 0 Å². The molecule has 50 valence electrons. The molecule has 0 fully saturated rings. The first-order chi connectivity index (χ1) is 5.73. The van der Waals surface area contributed by atoms with Crippen LogP contribution in [0.5, 0.6) is 0 Å². The van der Waals surface area contributed by atoms with Crippen LogP contribution in [0.15, 0.2) is 0 Å². The van der Waals surface area contributed by atoms with E-state index in [0.29, 0.717) is 6.42 Å². The minimum absolute atomic E-state index is 0.403. The first-order valence-corrected chi connectivity index (χ1v) is 3.23. The Balaban J connectivity index is 4.27. The van der Waals surface area contributed by atoms with Crippen molar-refractivity contribution < 1.29 is 6.85 Å². The molecule has 0 aromatic heterocycles. The van der Waals surface area contributed by atoms with Gasteiger partial charge in [-0.25, -0.2) is 0 Å². The molecule has 0 heterocycles. The molecule has 0 aromatic carbocycles. The van der Waals surface area contributed by atoms with Gasteiger partial charge in [0.25, 0.3) is 0 Å². The lowest BCUT2D eigenvalue weighted by Crippen LogP contribution is -1.89. The van der Waals surface area contributed by atoms with E-state index >= 15 is 0 Å². The smallest absolute Gasteiger partial charge is 0.0266 e. The summed E-state index contributed by atoms with van der Waals surface area (Å²) >= 11 is 0. The topological polar surface area (TPSA) is 0 Å². The van der Waals surface area contributed by atoms with Gasteiger partial charge in [0, 0.05) is 6.85 Å². The highest BCUT2D eigenvalue weighted by Crippen LogP contribution is 2.09. The number of hydrogen-bond acceptors (Lipinski definition) is 0. The Labute approximate surface area is 60.3 Å². The standard InChI is InChI=1S/C8H18/c1-4-6-7-8(3)5-2/h8H,4-7H2,1-3H3/i2D3,5D2. The van der Waals surface area contributed by atoms with Gasteiger partial charge in [-0.15, -0.1) is 0 Å². The molecule has 0 aliphatic carbocycles. The van der Waals surface area contributed by atoms with E-state index in [-0.39, 0.29) is 0 Å². The Hall–Kier alpha value is 0. The first-order valence-electron chi connectivity index (χ1n) is 5.73. The van der Waals surface area contributed by atoms with Crippen molar-refractivity contribution in [3.05, 3.63) is 0 Å². The fraction of sp³-hybridized carbons (Fsp3) is 1.00. The summed E-state index contributed by atoms with van der Waals surface area (Å²) in [6, 6.07) is 0. The van der Waals surface area contributed by atoms with Crippen LogP contribution in [0.1, 0.15) is 53.2 Å². The summed E-state index contributed by atoms with van der Waals surface area (Å²) in [5.41, 5.74) is 0. The van der Waals surface area contributed by atoms with Crippen molar-refractivity contribution in [1.82, 2.24) is 0 Å². The van der Waals surface area contributed by atoms with Gasteiger partial charge in [0.2, 0.25) is 0 Å². The molecule has 0 heteroatoms. The van der Waals surface area contributed by atoms with Crippen molar-refractivity contribution in [3.8, 4) is 0 Å². The molecule has 0 N–H and O–H groups in total. The maximum Gasteiger partial charge on any atom is 0.0266 e. The molecular weight excluding hydrogens is 96.1 g/mol. The normalized spacial score (nSPS) is 26.5. The maximum absolute atomic E-state index is 7.47. The Morgan fingerprint density at radius 3 is 3.00 bits per heavy atom. The molecule has 0 amide bonds. The van der Waals surface area contributed by atoms with Gasteiger partial charge in [-0.1, -0.05) is 46.3 Å².